The minimum absolute atomic E-state index is 0.0347. The van der Waals surface area contributed by atoms with E-state index >= 15 is 0 Å². The Morgan fingerprint density at radius 3 is 2.07 bits per heavy atom. The molecule has 1 unspecified atom stereocenters. The molecule has 1 saturated heterocycles. The minimum Gasteiger partial charge on any atom is -0.299 e. The van der Waals surface area contributed by atoms with Crippen LogP contribution in [-0.4, -0.2) is 24.7 Å². The van der Waals surface area contributed by atoms with Crippen LogP contribution in [0.2, 0.25) is 0 Å². The van der Waals surface area contributed by atoms with Crippen molar-refractivity contribution >= 4 is 15.6 Å². The van der Waals surface area contributed by atoms with Gasteiger partial charge in [0.25, 0.3) is 0 Å². The zero-order valence-corrected chi connectivity index (χ0v) is 10.4. The highest BCUT2D eigenvalue weighted by Crippen LogP contribution is 2.60. The zero-order valence-electron chi connectivity index (χ0n) is 9.54. The first-order valence-electron chi connectivity index (χ1n) is 5.47. The monoisotopic (exact) mass is 230 g/mol. The Kier molecular flexibility index (Phi) is 2.11. The van der Waals surface area contributed by atoms with Crippen LogP contribution in [0.5, 0.6) is 0 Å². The summed E-state index contributed by atoms with van der Waals surface area (Å²) in [7, 11) is -3.00. The molecule has 0 bridgehead atoms. The number of ketones is 1. The van der Waals surface area contributed by atoms with Crippen molar-refractivity contribution in [1.82, 2.24) is 0 Å². The molecule has 1 saturated carbocycles. The molecule has 4 heteroatoms. The van der Waals surface area contributed by atoms with E-state index in [9.17, 15) is 13.2 Å². The Morgan fingerprint density at radius 1 is 1.27 bits per heavy atom. The van der Waals surface area contributed by atoms with Crippen molar-refractivity contribution in [3.05, 3.63) is 0 Å². The molecule has 1 heterocycles. The number of carbonyl (C=O) groups excluding carboxylic acids is 1. The summed E-state index contributed by atoms with van der Waals surface area (Å²) < 4.78 is 23.0. The summed E-state index contributed by atoms with van der Waals surface area (Å²) in [5.41, 5.74) is -0.299. The van der Waals surface area contributed by atoms with Crippen molar-refractivity contribution in [3.63, 3.8) is 0 Å². The van der Waals surface area contributed by atoms with Gasteiger partial charge in [0, 0.05) is 5.41 Å². The van der Waals surface area contributed by atoms with E-state index in [4.69, 9.17) is 0 Å². The van der Waals surface area contributed by atoms with Gasteiger partial charge in [-0.1, -0.05) is 0 Å². The summed E-state index contributed by atoms with van der Waals surface area (Å²) in [6.07, 6.45) is 2.42. The van der Waals surface area contributed by atoms with Gasteiger partial charge in [-0.25, -0.2) is 8.42 Å². The third-order valence-electron chi connectivity index (χ3n) is 4.47. The molecule has 0 radical (unpaired) electrons. The van der Waals surface area contributed by atoms with Gasteiger partial charge in [-0.15, -0.1) is 0 Å². The van der Waals surface area contributed by atoms with Crippen LogP contribution in [-0.2, 0) is 14.6 Å². The SMILES string of the molecule is CC(=O)C1(C2CCS(=O)(=O)C2(C)C)CC1. The molecule has 2 fully saturated rings. The number of hydrogen-bond acceptors (Lipinski definition) is 3. The van der Waals surface area contributed by atoms with E-state index in [-0.39, 0.29) is 22.9 Å². The quantitative estimate of drug-likeness (QED) is 0.723. The van der Waals surface area contributed by atoms with E-state index < -0.39 is 14.6 Å². The number of carbonyl (C=O) groups is 1. The molecule has 86 valence electrons. The summed E-state index contributed by atoms with van der Waals surface area (Å²) in [6, 6.07) is 0. The van der Waals surface area contributed by atoms with E-state index in [2.05, 4.69) is 0 Å². The van der Waals surface area contributed by atoms with Gasteiger partial charge < -0.3 is 0 Å². The Labute approximate surface area is 91.2 Å². The Bertz CT molecular complexity index is 402. The van der Waals surface area contributed by atoms with Gasteiger partial charge in [0.2, 0.25) is 0 Å². The Morgan fingerprint density at radius 2 is 1.80 bits per heavy atom. The van der Waals surface area contributed by atoms with Crippen LogP contribution in [0, 0.1) is 11.3 Å². The highest BCUT2D eigenvalue weighted by Gasteiger charge is 2.63. The molecular weight excluding hydrogens is 212 g/mol. The van der Waals surface area contributed by atoms with Gasteiger partial charge in [-0.2, -0.15) is 0 Å². The molecule has 1 atom stereocenters. The summed E-state index contributed by atoms with van der Waals surface area (Å²) in [5.74, 6) is 0.463. The lowest BCUT2D eigenvalue weighted by Gasteiger charge is -2.31. The number of sulfone groups is 1. The van der Waals surface area contributed by atoms with Gasteiger partial charge in [0.15, 0.2) is 9.84 Å². The fraction of sp³-hybridized carbons (Fsp3) is 0.909. The number of hydrogen-bond donors (Lipinski definition) is 0. The molecule has 2 rings (SSSR count). The Hall–Kier alpha value is -0.380. The molecule has 3 nitrogen and oxygen atoms in total. The minimum atomic E-state index is -3.00. The second-order valence-electron chi connectivity index (χ2n) is 5.48. The van der Waals surface area contributed by atoms with Crippen molar-refractivity contribution in [3.8, 4) is 0 Å². The van der Waals surface area contributed by atoms with Gasteiger partial charge in [0.1, 0.15) is 5.78 Å². The zero-order chi connectivity index (χ0) is 11.5. The molecule has 0 aromatic rings. The summed E-state index contributed by atoms with van der Waals surface area (Å²) >= 11 is 0. The second kappa shape index (κ2) is 2.84. The van der Waals surface area contributed by atoms with Crippen LogP contribution in [0.4, 0.5) is 0 Å². The fourth-order valence-corrected chi connectivity index (χ4v) is 4.97. The van der Waals surface area contributed by atoms with Crippen molar-refractivity contribution in [1.29, 1.82) is 0 Å². The maximum Gasteiger partial charge on any atom is 0.155 e. The summed E-state index contributed by atoms with van der Waals surface area (Å²) in [6.45, 7) is 5.17. The molecule has 0 aromatic heterocycles. The highest BCUT2D eigenvalue weighted by atomic mass is 32.2. The third-order valence-corrected chi connectivity index (χ3v) is 7.13. The fourth-order valence-electron chi connectivity index (χ4n) is 3.12. The van der Waals surface area contributed by atoms with Crippen LogP contribution >= 0.6 is 0 Å². The van der Waals surface area contributed by atoms with Crippen molar-refractivity contribution < 1.29 is 13.2 Å². The van der Waals surface area contributed by atoms with E-state index in [0.29, 0.717) is 6.42 Å². The molecule has 1 aliphatic heterocycles. The van der Waals surface area contributed by atoms with E-state index in [0.717, 1.165) is 12.8 Å². The number of Topliss-reactive ketones (excluding diaryl/α,β-unsaturated/α-hetero) is 1. The third kappa shape index (κ3) is 1.30. The molecule has 2 aliphatic rings. The van der Waals surface area contributed by atoms with Crippen molar-refractivity contribution in [2.24, 2.45) is 11.3 Å². The summed E-state index contributed by atoms with van der Waals surface area (Å²) in [5, 5.41) is 0. The van der Waals surface area contributed by atoms with Crippen molar-refractivity contribution in [2.75, 3.05) is 5.75 Å². The maximum atomic E-state index is 11.9. The first-order valence-corrected chi connectivity index (χ1v) is 7.13. The van der Waals surface area contributed by atoms with Crippen LogP contribution in [0.25, 0.3) is 0 Å². The van der Waals surface area contributed by atoms with E-state index in [1.165, 1.54) is 0 Å². The molecule has 0 N–H and O–H groups in total. The van der Waals surface area contributed by atoms with Crippen LogP contribution in [0.1, 0.15) is 40.0 Å². The smallest absolute Gasteiger partial charge is 0.155 e. The lowest BCUT2D eigenvalue weighted by Crippen LogP contribution is -2.40. The standard InChI is InChI=1S/C11H18O3S/c1-8(12)11(5-6-11)9-4-7-15(13,14)10(9,2)3/h9H,4-7H2,1-3H3. The van der Waals surface area contributed by atoms with Crippen LogP contribution < -0.4 is 0 Å². The first kappa shape index (κ1) is 11.1. The largest absolute Gasteiger partial charge is 0.299 e. The van der Waals surface area contributed by atoms with Crippen molar-refractivity contribution in [2.45, 2.75) is 44.8 Å². The van der Waals surface area contributed by atoms with Gasteiger partial charge >= 0.3 is 0 Å². The lowest BCUT2D eigenvalue weighted by atomic mass is 9.76. The topological polar surface area (TPSA) is 51.2 Å². The van der Waals surface area contributed by atoms with Gasteiger partial charge in [0.05, 0.1) is 10.5 Å². The van der Waals surface area contributed by atoms with E-state index in [1.807, 2.05) is 0 Å². The average molecular weight is 230 g/mol. The highest BCUT2D eigenvalue weighted by molar-refractivity contribution is 7.93. The predicted molar refractivity (Wildman–Crippen MR) is 58.3 cm³/mol. The molecule has 0 spiro atoms. The molecule has 15 heavy (non-hydrogen) atoms. The molecule has 0 aromatic carbocycles. The summed E-state index contributed by atoms with van der Waals surface area (Å²) in [4.78, 5) is 11.6. The average Bonchev–Trinajstić information content (AvgIpc) is 2.80. The number of rotatable bonds is 2. The Balaban J connectivity index is 2.39. The van der Waals surface area contributed by atoms with E-state index in [1.54, 1.807) is 20.8 Å². The molecular formula is C11H18O3S. The van der Waals surface area contributed by atoms with Gasteiger partial charge in [-0.05, 0) is 46.0 Å². The lowest BCUT2D eigenvalue weighted by molar-refractivity contribution is -0.124. The predicted octanol–water partition coefficient (Wildman–Crippen LogP) is 1.57. The first-order chi connectivity index (χ1) is 6.74. The normalized spacial score (nSPS) is 35.0. The molecule has 0 amide bonds. The second-order valence-corrected chi connectivity index (χ2v) is 8.17. The maximum absolute atomic E-state index is 11.9. The van der Waals surface area contributed by atoms with Crippen LogP contribution in [0.15, 0.2) is 0 Å². The molecule has 1 aliphatic carbocycles. The van der Waals surface area contributed by atoms with Gasteiger partial charge in [-0.3, -0.25) is 4.79 Å². The van der Waals surface area contributed by atoms with Crippen LogP contribution in [0.3, 0.4) is 0 Å².